The maximum absolute atomic E-state index is 13.8. The lowest BCUT2D eigenvalue weighted by Crippen LogP contribution is -2.28. The average molecular weight is 421 g/mol. The summed E-state index contributed by atoms with van der Waals surface area (Å²) in [5, 5.41) is 7.26. The Balaban J connectivity index is 1.77. The zero-order valence-electron chi connectivity index (χ0n) is 16.0. The molecule has 2 N–H and O–H groups in total. The third kappa shape index (κ3) is 5.08. The molecule has 28 heavy (non-hydrogen) atoms. The number of aryl methyl sites for hydroxylation is 1. The summed E-state index contributed by atoms with van der Waals surface area (Å²) < 4.78 is 19.1. The van der Waals surface area contributed by atoms with E-state index in [0.29, 0.717) is 22.8 Å². The van der Waals surface area contributed by atoms with Gasteiger partial charge in [0.1, 0.15) is 10.8 Å². The van der Waals surface area contributed by atoms with Gasteiger partial charge in [0.2, 0.25) is 0 Å². The molecular weight excluding hydrogens is 395 g/mol. The molecular formula is C21H25FN2O2S2. The number of nitrogens with one attached hydrogen (secondary N) is 2. The van der Waals surface area contributed by atoms with Gasteiger partial charge in [-0.1, -0.05) is 31.0 Å². The van der Waals surface area contributed by atoms with E-state index in [1.165, 1.54) is 23.8 Å². The van der Waals surface area contributed by atoms with Crippen LogP contribution in [0, 0.1) is 5.82 Å². The van der Waals surface area contributed by atoms with Gasteiger partial charge in [0.25, 0.3) is 0 Å². The first kappa shape index (κ1) is 20.7. The van der Waals surface area contributed by atoms with Gasteiger partial charge in [-0.2, -0.15) is 0 Å². The van der Waals surface area contributed by atoms with Gasteiger partial charge in [0, 0.05) is 17.0 Å². The average Bonchev–Trinajstić information content (AvgIpc) is 2.97. The Morgan fingerprint density at radius 2 is 1.96 bits per heavy atom. The van der Waals surface area contributed by atoms with Gasteiger partial charge in [-0.05, 0) is 56.5 Å². The summed E-state index contributed by atoms with van der Waals surface area (Å²) in [4.78, 5) is 13.9. The quantitative estimate of drug-likeness (QED) is 0.514. The number of ether oxygens (including phenoxy) is 1. The van der Waals surface area contributed by atoms with Gasteiger partial charge in [0.15, 0.2) is 5.11 Å². The molecule has 4 nitrogen and oxygen atoms in total. The van der Waals surface area contributed by atoms with Crippen molar-refractivity contribution in [2.24, 2.45) is 0 Å². The van der Waals surface area contributed by atoms with Crippen LogP contribution in [0.25, 0.3) is 0 Å². The number of esters is 1. The van der Waals surface area contributed by atoms with Gasteiger partial charge in [-0.15, -0.1) is 11.3 Å². The summed E-state index contributed by atoms with van der Waals surface area (Å²) in [6, 6.07) is 6.58. The number of carbonyl (C=O) groups is 1. The zero-order chi connectivity index (χ0) is 19.9. The maximum Gasteiger partial charge on any atom is 0.341 e. The van der Waals surface area contributed by atoms with Crippen molar-refractivity contribution in [3.05, 3.63) is 51.7 Å². The Bertz CT molecular complexity index is 851. The molecule has 0 saturated heterocycles. The highest BCUT2D eigenvalue weighted by molar-refractivity contribution is 7.80. The van der Waals surface area contributed by atoms with Crippen molar-refractivity contribution in [2.75, 3.05) is 11.9 Å². The molecule has 0 aliphatic heterocycles. The van der Waals surface area contributed by atoms with Crippen LogP contribution < -0.4 is 10.6 Å². The number of rotatable bonds is 5. The minimum atomic E-state index is -0.306. The number of hydrogen-bond acceptors (Lipinski definition) is 4. The van der Waals surface area contributed by atoms with Crippen LogP contribution >= 0.6 is 23.6 Å². The molecule has 1 aliphatic carbocycles. The van der Waals surface area contributed by atoms with E-state index in [2.05, 4.69) is 10.6 Å². The van der Waals surface area contributed by atoms with E-state index in [-0.39, 0.29) is 18.3 Å². The molecule has 0 bridgehead atoms. The summed E-state index contributed by atoms with van der Waals surface area (Å²) in [5.74, 6) is -0.580. The first-order valence-electron chi connectivity index (χ1n) is 9.70. The van der Waals surface area contributed by atoms with Crippen LogP contribution in [0.1, 0.15) is 59.0 Å². The number of hydrogen-bond donors (Lipinski definition) is 2. The maximum atomic E-state index is 13.8. The lowest BCUT2D eigenvalue weighted by molar-refractivity contribution is 0.0526. The fraction of sp³-hybridized carbons (Fsp3) is 0.429. The summed E-state index contributed by atoms with van der Waals surface area (Å²) in [5.41, 5.74) is 2.25. The molecule has 3 rings (SSSR count). The molecule has 1 aromatic heterocycles. The second kappa shape index (κ2) is 9.98. The van der Waals surface area contributed by atoms with Crippen LogP contribution in [0.4, 0.5) is 9.39 Å². The lowest BCUT2D eigenvalue weighted by atomic mass is 9.96. The van der Waals surface area contributed by atoms with Crippen molar-refractivity contribution >= 4 is 39.6 Å². The van der Waals surface area contributed by atoms with Crippen LogP contribution in [0.3, 0.4) is 0 Å². The number of fused-ring (bicyclic) bond motifs is 1. The highest BCUT2D eigenvalue weighted by atomic mass is 32.1. The minimum Gasteiger partial charge on any atom is -0.462 e. The monoisotopic (exact) mass is 420 g/mol. The number of halogens is 1. The standard InChI is InChI=1S/C21H25FN2O2S2/c1-2-26-20(25)18-15-10-5-3-4-6-12-17(15)28-19(18)24-21(27)23-13-14-9-7-8-11-16(14)22/h7-9,11H,2-6,10,12-13H2,1H3,(H2,23,24,27). The highest BCUT2D eigenvalue weighted by Crippen LogP contribution is 2.37. The Morgan fingerprint density at radius 3 is 2.71 bits per heavy atom. The molecule has 2 aromatic rings. The zero-order valence-corrected chi connectivity index (χ0v) is 17.6. The van der Waals surface area contributed by atoms with Gasteiger partial charge in [0.05, 0.1) is 12.2 Å². The van der Waals surface area contributed by atoms with E-state index in [4.69, 9.17) is 17.0 Å². The fourth-order valence-corrected chi connectivity index (χ4v) is 4.91. The Kier molecular flexibility index (Phi) is 7.39. The molecule has 150 valence electrons. The van der Waals surface area contributed by atoms with E-state index in [1.807, 2.05) is 6.92 Å². The molecule has 7 heteroatoms. The fourth-order valence-electron chi connectivity index (χ4n) is 3.39. The SMILES string of the molecule is CCOC(=O)c1c(NC(=S)NCc2ccccc2F)sc2c1CCCCCC2. The number of anilines is 1. The molecule has 1 heterocycles. The van der Waals surface area contributed by atoms with Crippen molar-refractivity contribution in [2.45, 2.75) is 52.0 Å². The largest absolute Gasteiger partial charge is 0.462 e. The van der Waals surface area contributed by atoms with Gasteiger partial charge < -0.3 is 15.4 Å². The van der Waals surface area contributed by atoms with E-state index in [1.54, 1.807) is 29.5 Å². The van der Waals surface area contributed by atoms with Gasteiger partial charge in [-0.25, -0.2) is 9.18 Å². The van der Waals surface area contributed by atoms with Crippen molar-refractivity contribution in [3.63, 3.8) is 0 Å². The lowest BCUT2D eigenvalue weighted by Gasteiger charge is -2.13. The van der Waals surface area contributed by atoms with Crippen LogP contribution in [0.15, 0.2) is 24.3 Å². The molecule has 1 aliphatic rings. The molecule has 0 fully saturated rings. The van der Waals surface area contributed by atoms with E-state index in [0.717, 1.165) is 36.2 Å². The Hall–Kier alpha value is -1.99. The van der Waals surface area contributed by atoms with E-state index in [9.17, 15) is 9.18 Å². The van der Waals surface area contributed by atoms with E-state index >= 15 is 0 Å². The van der Waals surface area contributed by atoms with Crippen molar-refractivity contribution < 1.29 is 13.9 Å². The summed E-state index contributed by atoms with van der Waals surface area (Å²) in [6.07, 6.45) is 6.47. The molecule has 0 spiro atoms. The third-order valence-corrected chi connectivity index (χ3v) is 6.23. The predicted molar refractivity (Wildman–Crippen MR) is 116 cm³/mol. The van der Waals surface area contributed by atoms with E-state index < -0.39 is 0 Å². The molecule has 0 radical (unpaired) electrons. The highest BCUT2D eigenvalue weighted by Gasteiger charge is 2.25. The number of thiocarbonyl (C=S) groups is 1. The summed E-state index contributed by atoms with van der Waals surface area (Å²) in [7, 11) is 0. The number of carbonyl (C=O) groups excluding carboxylic acids is 1. The molecule has 0 unspecified atom stereocenters. The molecule has 0 amide bonds. The second-order valence-electron chi connectivity index (χ2n) is 6.74. The first-order valence-corrected chi connectivity index (χ1v) is 10.9. The van der Waals surface area contributed by atoms with Crippen LogP contribution in [0.2, 0.25) is 0 Å². The topological polar surface area (TPSA) is 50.4 Å². The second-order valence-corrected chi connectivity index (χ2v) is 8.26. The number of thiophene rings is 1. The summed E-state index contributed by atoms with van der Waals surface area (Å²) in [6.45, 7) is 2.42. The Labute approximate surface area is 174 Å². The molecule has 0 atom stereocenters. The van der Waals surface area contributed by atoms with Gasteiger partial charge >= 0.3 is 5.97 Å². The summed E-state index contributed by atoms with van der Waals surface area (Å²) >= 11 is 6.97. The van der Waals surface area contributed by atoms with Crippen molar-refractivity contribution in [1.29, 1.82) is 0 Å². The minimum absolute atomic E-state index is 0.274. The van der Waals surface area contributed by atoms with Gasteiger partial charge in [-0.3, -0.25) is 0 Å². The molecule has 1 aromatic carbocycles. The number of benzene rings is 1. The van der Waals surface area contributed by atoms with Crippen LogP contribution in [0.5, 0.6) is 0 Å². The normalized spacial score (nSPS) is 13.8. The Morgan fingerprint density at radius 1 is 1.21 bits per heavy atom. The van der Waals surface area contributed by atoms with Crippen LogP contribution in [-0.4, -0.2) is 17.7 Å². The van der Waals surface area contributed by atoms with Crippen molar-refractivity contribution in [1.82, 2.24) is 5.32 Å². The first-order chi connectivity index (χ1) is 13.6. The van der Waals surface area contributed by atoms with Crippen LogP contribution in [-0.2, 0) is 24.1 Å². The molecule has 0 saturated carbocycles. The van der Waals surface area contributed by atoms with Crippen molar-refractivity contribution in [3.8, 4) is 0 Å². The third-order valence-electron chi connectivity index (χ3n) is 4.78. The smallest absolute Gasteiger partial charge is 0.341 e. The predicted octanol–water partition coefficient (Wildman–Crippen LogP) is 5.21.